The molecule has 0 saturated heterocycles. The van der Waals surface area contributed by atoms with Crippen molar-refractivity contribution in [1.82, 2.24) is 9.73 Å². The highest BCUT2D eigenvalue weighted by molar-refractivity contribution is 7.89. The van der Waals surface area contributed by atoms with E-state index in [1.165, 1.54) is 42.0 Å². The van der Waals surface area contributed by atoms with Crippen molar-refractivity contribution in [2.45, 2.75) is 64.8 Å². The normalized spacial score (nSPS) is 25.5. The molecule has 0 spiro atoms. The summed E-state index contributed by atoms with van der Waals surface area (Å²) in [7, 11) is -2.25. The van der Waals surface area contributed by atoms with Gasteiger partial charge in [0, 0.05) is 24.2 Å². The minimum Gasteiger partial charge on any atom is -0.452 e. The van der Waals surface area contributed by atoms with E-state index in [1.54, 1.807) is 13.8 Å². The van der Waals surface area contributed by atoms with Crippen LogP contribution in [-0.2, 0) is 19.6 Å². The summed E-state index contributed by atoms with van der Waals surface area (Å²) < 4.78 is 31.6. The number of hydrazone groups is 1. The summed E-state index contributed by atoms with van der Waals surface area (Å²) in [6.07, 6.45) is 3.10. The van der Waals surface area contributed by atoms with Gasteiger partial charge in [0.2, 0.25) is 10.0 Å². The zero-order valence-corrected chi connectivity index (χ0v) is 20.5. The van der Waals surface area contributed by atoms with Gasteiger partial charge < -0.3 is 4.74 Å². The average Bonchev–Trinajstić information content (AvgIpc) is 3.08. The minimum absolute atomic E-state index is 0.00820. The van der Waals surface area contributed by atoms with Crippen LogP contribution in [0.5, 0.6) is 0 Å². The van der Waals surface area contributed by atoms with E-state index in [-0.39, 0.29) is 27.3 Å². The van der Waals surface area contributed by atoms with Gasteiger partial charge in [0.05, 0.1) is 10.5 Å². The molecule has 2 aliphatic rings. The molecule has 1 N–H and O–H groups in total. The number of hydrogen-bond acceptors (Lipinski definition) is 6. The maximum Gasteiger partial charge on any atom is 0.338 e. The molecule has 1 amide bonds. The van der Waals surface area contributed by atoms with Gasteiger partial charge in [0.1, 0.15) is 0 Å². The van der Waals surface area contributed by atoms with E-state index in [9.17, 15) is 18.0 Å². The van der Waals surface area contributed by atoms with Crippen LogP contribution in [0.15, 0.2) is 34.3 Å². The third-order valence-electron chi connectivity index (χ3n) is 7.64. The van der Waals surface area contributed by atoms with E-state index in [1.807, 2.05) is 0 Å². The lowest BCUT2D eigenvalue weighted by Gasteiger charge is -2.34. The van der Waals surface area contributed by atoms with Crippen molar-refractivity contribution in [2.75, 3.05) is 13.7 Å². The number of carbonyl (C=O) groups is 2. The van der Waals surface area contributed by atoms with Crippen molar-refractivity contribution in [3.8, 4) is 0 Å². The van der Waals surface area contributed by atoms with Crippen molar-refractivity contribution in [3.05, 3.63) is 29.8 Å². The molecule has 2 fully saturated rings. The number of sulfonamides is 1. The Morgan fingerprint density at radius 1 is 1.28 bits per heavy atom. The Bertz CT molecular complexity index is 1050. The lowest BCUT2D eigenvalue weighted by atomic mass is 9.70. The second kappa shape index (κ2) is 8.59. The Kier molecular flexibility index (Phi) is 6.55. The SMILES string of the molecule is CC(C)N(C)S(=O)(=O)c1cccc(C(=O)OCC(=O)N/N=C2\CC3CCC2(C)C3(C)C)c1. The second-order valence-electron chi connectivity index (χ2n) is 9.81. The van der Waals surface area contributed by atoms with Crippen LogP contribution in [0.4, 0.5) is 0 Å². The first kappa shape index (κ1) is 24.4. The minimum atomic E-state index is -3.73. The number of hydrogen-bond donors (Lipinski definition) is 1. The summed E-state index contributed by atoms with van der Waals surface area (Å²) >= 11 is 0. The topological polar surface area (TPSA) is 105 Å². The number of benzene rings is 1. The molecule has 0 aliphatic heterocycles. The predicted octanol–water partition coefficient (Wildman–Crippen LogP) is 3.19. The number of fused-ring (bicyclic) bond motifs is 2. The summed E-state index contributed by atoms with van der Waals surface area (Å²) in [5.74, 6) is -0.734. The smallest absolute Gasteiger partial charge is 0.338 e. The number of carbonyl (C=O) groups excluding carboxylic acids is 2. The summed E-state index contributed by atoms with van der Waals surface area (Å²) in [6.45, 7) is 9.73. The standard InChI is InChI=1S/C23H33N3O5S/c1-15(2)26(6)32(29,30)18-9-7-8-16(12-18)21(28)31-14-20(27)25-24-19-13-17-10-11-23(19,5)22(17,3)4/h7-9,12,15,17H,10-11,13-14H2,1-6H3,(H,25,27)/b24-19+. The highest BCUT2D eigenvalue weighted by atomic mass is 32.2. The fraction of sp³-hybridized carbons (Fsp3) is 0.609. The first-order valence-corrected chi connectivity index (χ1v) is 12.4. The van der Waals surface area contributed by atoms with Gasteiger partial charge in [-0.05, 0) is 62.6 Å². The predicted molar refractivity (Wildman–Crippen MR) is 122 cm³/mol. The van der Waals surface area contributed by atoms with E-state index >= 15 is 0 Å². The fourth-order valence-corrected chi connectivity index (χ4v) is 6.12. The summed E-state index contributed by atoms with van der Waals surface area (Å²) in [5, 5.41) is 4.35. The monoisotopic (exact) mass is 463 g/mol. The van der Waals surface area contributed by atoms with E-state index in [4.69, 9.17) is 4.74 Å². The molecule has 8 nitrogen and oxygen atoms in total. The number of nitrogens with one attached hydrogen (secondary N) is 1. The summed E-state index contributed by atoms with van der Waals surface area (Å²) in [6, 6.07) is 5.37. The van der Waals surface area contributed by atoms with Gasteiger partial charge in [-0.15, -0.1) is 0 Å². The molecule has 3 rings (SSSR count). The third kappa shape index (κ3) is 4.20. The molecule has 1 aromatic rings. The van der Waals surface area contributed by atoms with Crippen molar-refractivity contribution in [1.29, 1.82) is 0 Å². The quantitative estimate of drug-likeness (QED) is 0.494. The third-order valence-corrected chi connectivity index (χ3v) is 9.67. The second-order valence-corrected chi connectivity index (χ2v) is 11.8. The molecule has 2 unspecified atom stereocenters. The summed E-state index contributed by atoms with van der Waals surface area (Å²) in [4.78, 5) is 24.6. The maximum absolute atomic E-state index is 12.6. The van der Waals surface area contributed by atoms with Crippen LogP contribution in [0.3, 0.4) is 0 Å². The highest BCUT2D eigenvalue weighted by Crippen LogP contribution is 2.63. The molecule has 0 aromatic heterocycles. The van der Waals surface area contributed by atoms with Crippen LogP contribution >= 0.6 is 0 Å². The van der Waals surface area contributed by atoms with Gasteiger partial charge in [0.25, 0.3) is 5.91 Å². The Balaban J connectivity index is 1.60. The van der Waals surface area contributed by atoms with Crippen LogP contribution < -0.4 is 5.43 Å². The molecular weight excluding hydrogens is 430 g/mol. The highest BCUT2D eigenvalue weighted by Gasteiger charge is 2.60. The van der Waals surface area contributed by atoms with Gasteiger partial charge in [-0.1, -0.05) is 26.8 Å². The maximum atomic E-state index is 12.6. The van der Waals surface area contributed by atoms with Crippen LogP contribution in [0.25, 0.3) is 0 Å². The molecule has 0 heterocycles. The van der Waals surface area contributed by atoms with Crippen molar-refractivity contribution in [3.63, 3.8) is 0 Å². The largest absolute Gasteiger partial charge is 0.452 e. The van der Waals surface area contributed by atoms with Crippen LogP contribution in [0, 0.1) is 16.7 Å². The van der Waals surface area contributed by atoms with Crippen LogP contribution in [0.1, 0.15) is 64.2 Å². The van der Waals surface area contributed by atoms with E-state index in [2.05, 4.69) is 31.3 Å². The molecule has 32 heavy (non-hydrogen) atoms. The fourth-order valence-electron chi connectivity index (χ4n) is 4.70. The Morgan fingerprint density at radius 3 is 2.53 bits per heavy atom. The zero-order valence-electron chi connectivity index (χ0n) is 19.6. The summed E-state index contributed by atoms with van der Waals surface area (Å²) in [5.41, 5.74) is 3.68. The number of nitrogens with zero attached hydrogens (tertiary/aromatic N) is 2. The lowest BCUT2D eigenvalue weighted by molar-refractivity contribution is -0.124. The Hall–Kier alpha value is -2.26. The van der Waals surface area contributed by atoms with Crippen molar-refractivity contribution < 1.29 is 22.7 Å². The van der Waals surface area contributed by atoms with Crippen molar-refractivity contribution >= 4 is 27.6 Å². The van der Waals surface area contributed by atoms with Crippen molar-refractivity contribution in [2.24, 2.45) is 21.8 Å². The Labute approximate surface area is 190 Å². The zero-order chi connectivity index (χ0) is 23.9. The molecule has 0 radical (unpaired) electrons. The molecule has 2 saturated carbocycles. The van der Waals surface area contributed by atoms with Gasteiger partial charge in [0.15, 0.2) is 6.61 Å². The first-order chi connectivity index (χ1) is 14.8. The lowest BCUT2D eigenvalue weighted by Crippen LogP contribution is -2.35. The average molecular weight is 464 g/mol. The molecule has 9 heteroatoms. The van der Waals surface area contributed by atoms with E-state index in [0.29, 0.717) is 5.92 Å². The molecule has 1 aromatic carbocycles. The van der Waals surface area contributed by atoms with E-state index in [0.717, 1.165) is 18.6 Å². The molecule has 2 aliphatic carbocycles. The Morgan fingerprint density at radius 2 is 1.97 bits per heavy atom. The first-order valence-electron chi connectivity index (χ1n) is 10.9. The molecular formula is C23H33N3O5S. The number of rotatable bonds is 7. The number of esters is 1. The van der Waals surface area contributed by atoms with Gasteiger partial charge in [-0.2, -0.15) is 9.41 Å². The van der Waals surface area contributed by atoms with E-state index < -0.39 is 28.5 Å². The molecule has 2 atom stereocenters. The number of amides is 1. The van der Waals surface area contributed by atoms with Gasteiger partial charge in [-0.25, -0.2) is 18.6 Å². The van der Waals surface area contributed by atoms with Gasteiger partial charge >= 0.3 is 5.97 Å². The van der Waals surface area contributed by atoms with Crippen LogP contribution in [0.2, 0.25) is 0 Å². The van der Waals surface area contributed by atoms with Gasteiger partial charge in [-0.3, -0.25) is 4.79 Å². The molecule has 176 valence electrons. The number of ether oxygens (including phenoxy) is 1. The van der Waals surface area contributed by atoms with Crippen LogP contribution in [-0.4, -0.2) is 50.0 Å². The molecule has 2 bridgehead atoms.